The largest absolute Gasteiger partial charge is 0.393 e. The molecule has 0 aliphatic carbocycles. The van der Waals surface area contributed by atoms with Gasteiger partial charge in [-0.25, -0.2) is 0 Å². The van der Waals surface area contributed by atoms with Crippen LogP contribution < -0.4 is 0 Å². The maximum atomic E-state index is 9.62. The Labute approximate surface area is 79.7 Å². The molecule has 2 N–H and O–H groups in total. The van der Waals surface area contributed by atoms with Crippen molar-refractivity contribution in [3.63, 3.8) is 0 Å². The average molecular weight is 188 g/mol. The molecule has 1 fully saturated rings. The smallest absolute Gasteiger partial charge is 0.0827 e. The zero-order chi connectivity index (χ0) is 10.0. The molecule has 4 unspecified atom stereocenters. The quantitative estimate of drug-likeness (QED) is 0.683. The fraction of sp³-hybridized carbons (Fsp3) is 1.00. The van der Waals surface area contributed by atoms with Crippen molar-refractivity contribution < 1.29 is 14.9 Å². The third-order valence-corrected chi connectivity index (χ3v) is 2.91. The summed E-state index contributed by atoms with van der Waals surface area (Å²) in [6.07, 6.45) is -0.775. The topological polar surface area (TPSA) is 49.7 Å². The molecule has 0 radical (unpaired) electrons. The Morgan fingerprint density at radius 2 is 1.85 bits per heavy atom. The minimum atomic E-state index is -0.401. The first-order valence-corrected chi connectivity index (χ1v) is 4.98. The van der Waals surface area contributed by atoms with E-state index < -0.39 is 6.10 Å². The van der Waals surface area contributed by atoms with Gasteiger partial charge in [0.25, 0.3) is 0 Å². The summed E-state index contributed by atoms with van der Waals surface area (Å²) in [7, 11) is 0. The van der Waals surface area contributed by atoms with Crippen LogP contribution in [0, 0.1) is 17.8 Å². The number of hydrogen-bond donors (Lipinski definition) is 2. The van der Waals surface area contributed by atoms with Gasteiger partial charge in [-0.1, -0.05) is 13.8 Å². The zero-order valence-corrected chi connectivity index (χ0v) is 8.60. The van der Waals surface area contributed by atoms with E-state index in [2.05, 4.69) is 13.8 Å². The van der Waals surface area contributed by atoms with Crippen LogP contribution in [0.2, 0.25) is 0 Å². The summed E-state index contributed by atoms with van der Waals surface area (Å²) in [6.45, 7) is 6.93. The van der Waals surface area contributed by atoms with E-state index in [-0.39, 0.29) is 17.9 Å². The molecule has 0 saturated carbocycles. The number of hydrogen-bond acceptors (Lipinski definition) is 3. The van der Waals surface area contributed by atoms with E-state index in [0.29, 0.717) is 19.1 Å². The molecule has 1 aliphatic rings. The Kier molecular flexibility index (Phi) is 3.71. The van der Waals surface area contributed by atoms with Gasteiger partial charge in [-0.2, -0.15) is 0 Å². The summed E-state index contributed by atoms with van der Waals surface area (Å²) in [5, 5.41) is 19.2. The number of aliphatic hydroxyl groups excluding tert-OH is 2. The van der Waals surface area contributed by atoms with E-state index in [1.165, 1.54) is 0 Å². The molecule has 1 rings (SSSR count). The first kappa shape index (κ1) is 11.0. The minimum absolute atomic E-state index is 0.0972. The molecule has 13 heavy (non-hydrogen) atoms. The molecule has 0 amide bonds. The molecule has 4 atom stereocenters. The molecule has 0 bridgehead atoms. The highest BCUT2D eigenvalue weighted by atomic mass is 16.5. The fourth-order valence-electron chi connectivity index (χ4n) is 2.34. The summed E-state index contributed by atoms with van der Waals surface area (Å²) in [4.78, 5) is 0. The summed E-state index contributed by atoms with van der Waals surface area (Å²) >= 11 is 0. The molecular weight excluding hydrogens is 168 g/mol. The molecule has 1 heterocycles. The maximum Gasteiger partial charge on any atom is 0.0827 e. The van der Waals surface area contributed by atoms with Gasteiger partial charge in [0.1, 0.15) is 0 Å². The third kappa shape index (κ3) is 2.42. The van der Waals surface area contributed by atoms with E-state index in [0.717, 1.165) is 0 Å². The summed E-state index contributed by atoms with van der Waals surface area (Å²) in [5.74, 6) is 0.610. The van der Waals surface area contributed by atoms with Crippen molar-refractivity contribution in [3.05, 3.63) is 0 Å². The van der Waals surface area contributed by atoms with Gasteiger partial charge in [-0.3, -0.25) is 0 Å². The van der Waals surface area contributed by atoms with Crippen LogP contribution >= 0.6 is 0 Å². The number of aliphatic hydroxyl groups is 2. The monoisotopic (exact) mass is 188 g/mol. The third-order valence-electron chi connectivity index (χ3n) is 2.91. The standard InChI is InChI=1S/C10H20O3/c1-6(2)10(7(3)11)8-4-13-5-9(8)12/h6-12H,4-5H2,1-3H3. The van der Waals surface area contributed by atoms with Crippen LogP contribution in [-0.2, 0) is 4.74 Å². The molecule has 3 nitrogen and oxygen atoms in total. The van der Waals surface area contributed by atoms with Crippen molar-refractivity contribution in [2.75, 3.05) is 13.2 Å². The van der Waals surface area contributed by atoms with E-state index in [1.54, 1.807) is 6.92 Å². The van der Waals surface area contributed by atoms with Crippen molar-refractivity contribution in [2.24, 2.45) is 17.8 Å². The van der Waals surface area contributed by atoms with Crippen molar-refractivity contribution in [1.82, 2.24) is 0 Å². The lowest BCUT2D eigenvalue weighted by molar-refractivity contribution is 0.0160. The van der Waals surface area contributed by atoms with Crippen molar-refractivity contribution in [1.29, 1.82) is 0 Å². The predicted molar refractivity (Wildman–Crippen MR) is 50.3 cm³/mol. The second-order valence-corrected chi connectivity index (χ2v) is 4.33. The maximum absolute atomic E-state index is 9.62. The van der Waals surface area contributed by atoms with Gasteiger partial charge in [0.15, 0.2) is 0 Å². The number of rotatable bonds is 3. The first-order chi connectivity index (χ1) is 6.04. The van der Waals surface area contributed by atoms with Gasteiger partial charge in [-0.05, 0) is 18.8 Å². The lowest BCUT2D eigenvalue weighted by atomic mass is 9.78. The fourth-order valence-corrected chi connectivity index (χ4v) is 2.34. The highest BCUT2D eigenvalue weighted by Crippen LogP contribution is 2.30. The van der Waals surface area contributed by atoms with Crippen molar-refractivity contribution in [3.8, 4) is 0 Å². The molecule has 0 aromatic heterocycles. The molecule has 0 spiro atoms. The second-order valence-electron chi connectivity index (χ2n) is 4.33. The molecule has 0 aromatic carbocycles. The Hall–Kier alpha value is -0.120. The van der Waals surface area contributed by atoms with Gasteiger partial charge in [-0.15, -0.1) is 0 Å². The van der Waals surface area contributed by atoms with Crippen LogP contribution in [0.1, 0.15) is 20.8 Å². The first-order valence-electron chi connectivity index (χ1n) is 4.98. The van der Waals surface area contributed by atoms with Crippen molar-refractivity contribution >= 4 is 0 Å². The number of ether oxygens (including phenoxy) is 1. The average Bonchev–Trinajstić information content (AvgIpc) is 2.35. The normalized spacial score (nSPS) is 33.7. The SMILES string of the molecule is CC(C)C(C(C)O)C1COCC1O. The van der Waals surface area contributed by atoms with Gasteiger partial charge in [0.2, 0.25) is 0 Å². The summed E-state index contributed by atoms with van der Waals surface area (Å²) < 4.78 is 5.19. The summed E-state index contributed by atoms with van der Waals surface area (Å²) in [5.41, 5.74) is 0. The van der Waals surface area contributed by atoms with Gasteiger partial charge in [0, 0.05) is 5.92 Å². The predicted octanol–water partition coefficient (Wildman–Crippen LogP) is 0.647. The van der Waals surface area contributed by atoms with E-state index >= 15 is 0 Å². The Balaban J connectivity index is 2.63. The highest BCUT2D eigenvalue weighted by Gasteiger charge is 2.37. The van der Waals surface area contributed by atoms with Gasteiger partial charge in [0.05, 0.1) is 25.4 Å². The molecule has 78 valence electrons. The Morgan fingerprint density at radius 1 is 1.23 bits per heavy atom. The summed E-state index contributed by atoms with van der Waals surface area (Å²) in [6, 6.07) is 0. The lowest BCUT2D eigenvalue weighted by Crippen LogP contribution is -2.36. The van der Waals surface area contributed by atoms with E-state index in [4.69, 9.17) is 4.74 Å². The van der Waals surface area contributed by atoms with E-state index in [1.807, 2.05) is 0 Å². The van der Waals surface area contributed by atoms with Crippen molar-refractivity contribution in [2.45, 2.75) is 33.0 Å². The zero-order valence-electron chi connectivity index (χ0n) is 8.60. The van der Waals surface area contributed by atoms with E-state index in [9.17, 15) is 10.2 Å². The van der Waals surface area contributed by atoms with Crippen LogP contribution in [0.4, 0.5) is 0 Å². The lowest BCUT2D eigenvalue weighted by Gasteiger charge is -2.30. The molecule has 0 aromatic rings. The van der Waals surface area contributed by atoms with Crippen LogP contribution in [0.15, 0.2) is 0 Å². The van der Waals surface area contributed by atoms with Crippen LogP contribution in [0.3, 0.4) is 0 Å². The second kappa shape index (κ2) is 4.40. The Bertz CT molecular complexity index is 148. The van der Waals surface area contributed by atoms with Crippen LogP contribution in [0.5, 0.6) is 0 Å². The molecular formula is C10H20O3. The van der Waals surface area contributed by atoms with Gasteiger partial charge < -0.3 is 14.9 Å². The molecule has 1 aliphatic heterocycles. The minimum Gasteiger partial charge on any atom is -0.393 e. The molecule has 3 heteroatoms. The molecule has 1 saturated heterocycles. The van der Waals surface area contributed by atoms with Crippen LogP contribution in [-0.4, -0.2) is 35.6 Å². The Morgan fingerprint density at radius 3 is 2.15 bits per heavy atom. The van der Waals surface area contributed by atoms with Crippen LogP contribution in [0.25, 0.3) is 0 Å². The van der Waals surface area contributed by atoms with Gasteiger partial charge >= 0.3 is 0 Å². The highest BCUT2D eigenvalue weighted by molar-refractivity contribution is 4.85.